The normalized spacial score (nSPS) is 11.4. The number of benzene rings is 2. The van der Waals surface area contributed by atoms with Gasteiger partial charge in [0, 0.05) is 0 Å². The zero-order valence-electron chi connectivity index (χ0n) is 10.4. The summed E-state index contributed by atoms with van der Waals surface area (Å²) in [5.41, 5.74) is 6.44. The molecule has 0 atom stereocenters. The summed E-state index contributed by atoms with van der Waals surface area (Å²) in [5, 5.41) is 7.88. The first-order chi connectivity index (χ1) is 9.68. The van der Waals surface area contributed by atoms with Crippen molar-refractivity contribution in [2.75, 3.05) is 11.1 Å². The predicted octanol–water partition coefficient (Wildman–Crippen LogP) is 3.11. The van der Waals surface area contributed by atoms with E-state index in [0.717, 1.165) is 12.1 Å². The molecule has 5 nitrogen and oxygen atoms in total. The fourth-order valence-electron chi connectivity index (χ4n) is 1.62. The monoisotopic (exact) mass is 349 g/mol. The number of hydrogen-bond donors (Lipinski definition) is 3. The van der Waals surface area contributed by atoms with Crippen molar-refractivity contribution < 1.29 is 12.8 Å². The van der Waals surface area contributed by atoms with Crippen molar-refractivity contribution in [2.24, 2.45) is 5.14 Å². The van der Waals surface area contributed by atoms with E-state index in [1.54, 1.807) is 0 Å². The lowest BCUT2D eigenvalue weighted by Gasteiger charge is -2.13. The molecule has 5 N–H and O–H groups in total. The van der Waals surface area contributed by atoms with Crippen LogP contribution in [0.1, 0.15) is 0 Å². The summed E-state index contributed by atoms with van der Waals surface area (Å²) in [6.45, 7) is 0. The fraction of sp³-hybridized carbons (Fsp3) is 0. The van der Waals surface area contributed by atoms with Crippen molar-refractivity contribution in [1.82, 2.24) is 0 Å². The Bertz CT molecular complexity index is 789. The van der Waals surface area contributed by atoms with Crippen LogP contribution < -0.4 is 16.2 Å². The molecule has 0 aliphatic rings. The molecule has 0 amide bonds. The number of sulfonamides is 1. The number of hydrogen-bond acceptors (Lipinski definition) is 4. The SMILES string of the molecule is Nc1ccc(S(N)(=O)=O)cc1Nc1c(Cl)cc(F)cc1Cl. The Balaban J connectivity index is 2.50. The lowest BCUT2D eigenvalue weighted by Crippen LogP contribution is -2.12. The molecule has 0 bridgehead atoms. The van der Waals surface area contributed by atoms with Crippen molar-refractivity contribution >= 4 is 50.3 Å². The second-order valence-electron chi connectivity index (χ2n) is 4.16. The average molecular weight is 350 g/mol. The third-order valence-electron chi connectivity index (χ3n) is 2.62. The Labute approximate surface area is 130 Å². The second kappa shape index (κ2) is 5.69. The minimum atomic E-state index is -3.88. The van der Waals surface area contributed by atoms with Gasteiger partial charge in [-0.25, -0.2) is 17.9 Å². The molecule has 0 radical (unpaired) electrons. The maximum atomic E-state index is 13.1. The Morgan fingerprint density at radius 1 is 1.10 bits per heavy atom. The van der Waals surface area contributed by atoms with Crippen LogP contribution in [0.4, 0.5) is 21.5 Å². The van der Waals surface area contributed by atoms with Gasteiger partial charge in [-0.2, -0.15) is 0 Å². The molecule has 112 valence electrons. The highest BCUT2D eigenvalue weighted by Gasteiger charge is 2.13. The van der Waals surface area contributed by atoms with Gasteiger partial charge in [0.15, 0.2) is 0 Å². The van der Waals surface area contributed by atoms with E-state index >= 15 is 0 Å². The van der Waals surface area contributed by atoms with Gasteiger partial charge in [0.05, 0.1) is 32.0 Å². The van der Waals surface area contributed by atoms with Gasteiger partial charge in [0.1, 0.15) is 5.82 Å². The van der Waals surface area contributed by atoms with Gasteiger partial charge in [-0.05, 0) is 30.3 Å². The van der Waals surface area contributed by atoms with Crippen LogP contribution in [0, 0.1) is 5.82 Å². The molecule has 9 heteroatoms. The van der Waals surface area contributed by atoms with E-state index < -0.39 is 15.8 Å². The molecule has 21 heavy (non-hydrogen) atoms. The van der Waals surface area contributed by atoms with E-state index in [9.17, 15) is 12.8 Å². The molecule has 0 spiro atoms. The third-order valence-corrected chi connectivity index (χ3v) is 4.13. The topological polar surface area (TPSA) is 98.2 Å². The third kappa shape index (κ3) is 3.56. The number of primary sulfonamides is 1. The van der Waals surface area contributed by atoms with Crippen LogP contribution in [-0.4, -0.2) is 8.42 Å². The van der Waals surface area contributed by atoms with Crippen LogP contribution >= 0.6 is 23.2 Å². The fourth-order valence-corrected chi connectivity index (χ4v) is 2.71. The molecule has 2 rings (SSSR count). The zero-order valence-corrected chi connectivity index (χ0v) is 12.7. The van der Waals surface area contributed by atoms with Crippen LogP contribution in [0.15, 0.2) is 35.2 Å². The van der Waals surface area contributed by atoms with E-state index in [2.05, 4.69) is 5.32 Å². The summed E-state index contributed by atoms with van der Waals surface area (Å²) in [4.78, 5) is -0.131. The lowest BCUT2D eigenvalue weighted by atomic mass is 10.2. The summed E-state index contributed by atoms with van der Waals surface area (Å²) >= 11 is 11.8. The molecular formula is C12H10Cl2FN3O2S. The predicted molar refractivity (Wildman–Crippen MR) is 81.9 cm³/mol. The maximum absolute atomic E-state index is 13.1. The van der Waals surface area contributed by atoms with Gasteiger partial charge in [-0.1, -0.05) is 23.2 Å². The minimum Gasteiger partial charge on any atom is -0.397 e. The standard InChI is InChI=1S/C12H10Cl2FN3O2S/c13-8-3-6(15)4-9(14)12(8)18-11-5-7(21(17,19)20)1-2-10(11)16/h1-5,18H,16H2,(H2,17,19,20). The number of anilines is 3. The summed E-state index contributed by atoms with van der Waals surface area (Å²) < 4.78 is 35.8. The van der Waals surface area contributed by atoms with Crippen molar-refractivity contribution in [2.45, 2.75) is 4.90 Å². The molecule has 0 saturated heterocycles. The van der Waals surface area contributed by atoms with Gasteiger partial charge in [0.2, 0.25) is 10.0 Å². The summed E-state index contributed by atoms with van der Waals surface area (Å²) in [6, 6.07) is 6.00. The smallest absolute Gasteiger partial charge is 0.238 e. The number of halogens is 3. The molecule has 0 aliphatic heterocycles. The molecule has 2 aromatic rings. The molecule has 0 saturated carbocycles. The Kier molecular flexibility index (Phi) is 4.29. The molecule has 0 aromatic heterocycles. The Hall–Kier alpha value is -1.54. The van der Waals surface area contributed by atoms with Crippen molar-refractivity contribution in [3.63, 3.8) is 0 Å². The second-order valence-corrected chi connectivity index (χ2v) is 6.54. The molecule has 0 fully saturated rings. The Morgan fingerprint density at radius 3 is 2.19 bits per heavy atom. The van der Waals surface area contributed by atoms with Gasteiger partial charge in [0.25, 0.3) is 0 Å². The summed E-state index contributed by atoms with van der Waals surface area (Å²) in [6.07, 6.45) is 0. The van der Waals surface area contributed by atoms with E-state index in [1.807, 2.05) is 0 Å². The first-order valence-electron chi connectivity index (χ1n) is 5.52. The average Bonchev–Trinajstić information content (AvgIpc) is 2.34. The molecule has 0 unspecified atom stereocenters. The van der Waals surface area contributed by atoms with E-state index in [-0.39, 0.29) is 32.0 Å². The van der Waals surface area contributed by atoms with E-state index in [0.29, 0.717) is 0 Å². The van der Waals surface area contributed by atoms with Crippen molar-refractivity contribution in [3.05, 3.63) is 46.2 Å². The van der Waals surface area contributed by atoms with Gasteiger partial charge >= 0.3 is 0 Å². The molecule has 0 aliphatic carbocycles. The highest BCUT2D eigenvalue weighted by atomic mass is 35.5. The highest BCUT2D eigenvalue weighted by molar-refractivity contribution is 7.89. The summed E-state index contributed by atoms with van der Waals surface area (Å²) in [7, 11) is -3.88. The van der Waals surface area contributed by atoms with Crippen molar-refractivity contribution in [3.8, 4) is 0 Å². The first-order valence-corrected chi connectivity index (χ1v) is 7.82. The maximum Gasteiger partial charge on any atom is 0.238 e. The van der Waals surface area contributed by atoms with Crippen LogP contribution in [0.25, 0.3) is 0 Å². The van der Waals surface area contributed by atoms with Crippen LogP contribution in [-0.2, 0) is 10.0 Å². The van der Waals surface area contributed by atoms with E-state index in [1.165, 1.54) is 18.2 Å². The number of nitrogens with two attached hydrogens (primary N) is 2. The van der Waals surface area contributed by atoms with Gasteiger partial charge in [-0.3, -0.25) is 0 Å². The van der Waals surface area contributed by atoms with Crippen LogP contribution in [0.2, 0.25) is 10.0 Å². The van der Waals surface area contributed by atoms with E-state index in [4.69, 9.17) is 34.1 Å². The quantitative estimate of drug-likeness (QED) is 0.741. The molecular weight excluding hydrogens is 340 g/mol. The van der Waals surface area contributed by atoms with Crippen molar-refractivity contribution in [1.29, 1.82) is 0 Å². The first kappa shape index (κ1) is 15.8. The van der Waals surface area contributed by atoms with Crippen LogP contribution in [0.3, 0.4) is 0 Å². The zero-order chi connectivity index (χ0) is 15.8. The largest absolute Gasteiger partial charge is 0.397 e. The summed E-state index contributed by atoms with van der Waals surface area (Å²) in [5.74, 6) is -0.596. The molecule has 0 heterocycles. The van der Waals surface area contributed by atoms with Gasteiger partial charge in [-0.15, -0.1) is 0 Å². The number of rotatable bonds is 3. The van der Waals surface area contributed by atoms with Crippen LogP contribution in [0.5, 0.6) is 0 Å². The minimum absolute atomic E-state index is 0.0282. The molecule has 2 aromatic carbocycles. The van der Waals surface area contributed by atoms with Gasteiger partial charge < -0.3 is 11.1 Å². The number of nitrogens with one attached hydrogen (secondary N) is 1. The number of nitrogen functional groups attached to an aromatic ring is 1. The Morgan fingerprint density at radius 2 is 1.67 bits per heavy atom. The lowest BCUT2D eigenvalue weighted by molar-refractivity contribution is 0.598. The highest BCUT2D eigenvalue weighted by Crippen LogP contribution is 2.35.